The van der Waals surface area contributed by atoms with Crippen molar-refractivity contribution in [2.24, 2.45) is 17.8 Å². The Morgan fingerprint density at radius 2 is 2.05 bits per heavy atom. The zero-order valence-corrected chi connectivity index (χ0v) is 12.5. The number of halogens is 3. The Morgan fingerprint density at radius 1 is 1.21 bits per heavy atom. The van der Waals surface area contributed by atoms with Crippen molar-refractivity contribution in [3.8, 4) is 0 Å². The number of hydrogen-bond donors (Lipinski definition) is 0. The van der Waals surface area contributed by atoms with Crippen LogP contribution in [0.5, 0.6) is 0 Å². The number of alkyl halides is 1. The fourth-order valence-corrected chi connectivity index (χ4v) is 4.83. The highest BCUT2D eigenvalue weighted by atomic mass is 79.9. The van der Waals surface area contributed by atoms with Gasteiger partial charge in [-0.25, -0.2) is 8.78 Å². The lowest BCUT2D eigenvalue weighted by molar-refractivity contribution is 0.312. The van der Waals surface area contributed by atoms with Crippen LogP contribution < -0.4 is 0 Å². The summed E-state index contributed by atoms with van der Waals surface area (Å²) in [5.41, 5.74) is 0.617. The molecule has 4 atom stereocenters. The van der Waals surface area contributed by atoms with Gasteiger partial charge in [-0.15, -0.1) is 0 Å². The fraction of sp³-hybridized carbons (Fsp3) is 0.625. The van der Waals surface area contributed by atoms with Crippen molar-refractivity contribution in [2.45, 2.75) is 43.4 Å². The van der Waals surface area contributed by atoms with Gasteiger partial charge in [0.05, 0.1) is 0 Å². The number of hydrogen-bond acceptors (Lipinski definition) is 0. The molecule has 4 unspecified atom stereocenters. The van der Waals surface area contributed by atoms with Crippen LogP contribution in [0.25, 0.3) is 0 Å². The second-order valence-electron chi connectivity index (χ2n) is 6.21. The Hall–Kier alpha value is -0.440. The Kier molecular flexibility index (Phi) is 3.93. The van der Waals surface area contributed by atoms with Gasteiger partial charge in [0.1, 0.15) is 11.6 Å². The van der Waals surface area contributed by atoms with E-state index in [1.165, 1.54) is 31.7 Å². The summed E-state index contributed by atoms with van der Waals surface area (Å²) in [6, 6.07) is 3.89. The molecule has 19 heavy (non-hydrogen) atoms. The molecule has 0 aromatic heterocycles. The molecule has 2 aliphatic carbocycles. The molecule has 1 aromatic carbocycles. The maximum atomic E-state index is 13.6. The highest BCUT2D eigenvalue weighted by molar-refractivity contribution is 9.09. The molecule has 0 radical (unpaired) electrons. The van der Waals surface area contributed by atoms with E-state index in [1.807, 2.05) is 0 Å². The van der Waals surface area contributed by atoms with Gasteiger partial charge in [0.25, 0.3) is 0 Å². The molecule has 0 nitrogen and oxygen atoms in total. The van der Waals surface area contributed by atoms with E-state index in [-0.39, 0.29) is 0 Å². The van der Waals surface area contributed by atoms with Gasteiger partial charge in [0.15, 0.2) is 0 Å². The molecule has 2 bridgehead atoms. The van der Waals surface area contributed by atoms with Gasteiger partial charge >= 0.3 is 0 Å². The lowest BCUT2D eigenvalue weighted by atomic mass is 9.85. The minimum atomic E-state index is -0.500. The van der Waals surface area contributed by atoms with Gasteiger partial charge in [-0.3, -0.25) is 0 Å². The third-order valence-corrected chi connectivity index (χ3v) is 5.60. The zero-order chi connectivity index (χ0) is 13.4. The largest absolute Gasteiger partial charge is 0.207 e. The molecule has 0 amide bonds. The smallest absolute Gasteiger partial charge is 0.129 e. The van der Waals surface area contributed by atoms with Gasteiger partial charge in [-0.1, -0.05) is 28.4 Å². The maximum absolute atomic E-state index is 13.6. The molecule has 2 aliphatic rings. The third kappa shape index (κ3) is 3.01. The van der Waals surface area contributed by atoms with Crippen molar-refractivity contribution < 1.29 is 8.78 Å². The van der Waals surface area contributed by atoms with Crippen LogP contribution in [0.2, 0.25) is 0 Å². The fourth-order valence-electron chi connectivity index (χ4n) is 4.00. The van der Waals surface area contributed by atoms with Crippen LogP contribution in [-0.4, -0.2) is 4.83 Å². The van der Waals surface area contributed by atoms with Crippen molar-refractivity contribution in [1.82, 2.24) is 0 Å². The zero-order valence-electron chi connectivity index (χ0n) is 10.9. The normalized spacial score (nSPS) is 30.8. The van der Waals surface area contributed by atoms with E-state index in [4.69, 9.17) is 0 Å². The summed E-state index contributed by atoms with van der Waals surface area (Å²) >= 11 is 3.69. The molecule has 0 heterocycles. The lowest BCUT2D eigenvalue weighted by Crippen LogP contribution is -2.17. The standard InChI is InChI=1S/C16H19BrF2/c17-14(7-12-3-4-15(18)9-16(12)19)8-13-6-10-1-2-11(13)5-10/h3-4,9-11,13-14H,1-2,5-8H2. The lowest BCUT2D eigenvalue weighted by Gasteiger charge is -2.24. The summed E-state index contributed by atoms with van der Waals surface area (Å²) in [4.78, 5) is 0.303. The van der Waals surface area contributed by atoms with E-state index >= 15 is 0 Å². The summed E-state index contributed by atoms with van der Waals surface area (Å²) < 4.78 is 26.5. The van der Waals surface area contributed by atoms with Crippen LogP contribution in [0, 0.1) is 29.4 Å². The molecule has 0 saturated heterocycles. The van der Waals surface area contributed by atoms with Crippen molar-refractivity contribution in [2.75, 3.05) is 0 Å². The first-order valence-electron chi connectivity index (χ1n) is 7.20. The Labute approximate surface area is 121 Å². The van der Waals surface area contributed by atoms with E-state index < -0.39 is 11.6 Å². The van der Waals surface area contributed by atoms with Crippen LogP contribution >= 0.6 is 15.9 Å². The topological polar surface area (TPSA) is 0 Å². The molecular weight excluding hydrogens is 310 g/mol. The average Bonchev–Trinajstić information content (AvgIpc) is 2.95. The molecule has 1 aromatic rings. The van der Waals surface area contributed by atoms with Crippen LogP contribution in [0.3, 0.4) is 0 Å². The van der Waals surface area contributed by atoms with Crippen LogP contribution in [0.4, 0.5) is 8.78 Å². The van der Waals surface area contributed by atoms with Crippen molar-refractivity contribution in [1.29, 1.82) is 0 Å². The van der Waals surface area contributed by atoms with Gasteiger partial charge in [0.2, 0.25) is 0 Å². The number of benzene rings is 1. The maximum Gasteiger partial charge on any atom is 0.129 e. The Balaban J connectivity index is 1.57. The van der Waals surface area contributed by atoms with E-state index in [0.717, 1.165) is 30.2 Å². The second kappa shape index (κ2) is 5.51. The molecule has 3 rings (SSSR count). The first kappa shape index (κ1) is 13.5. The molecule has 0 spiro atoms. The molecule has 104 valence electrons. The van der Waals surface area contributed by atoms with Crippen molar-refractivity contribution in [3.05, 3.63) is 35.4 Å². The highest BCUT2D eigenvalue weighted by Gasteiger charge is 2.39. The summed E-state index contributed by atoms with van der Waals surface area (Å²) in [5, 5.41) is 0. The first-order chi connectivity index (χ1) is 9.11. The predicted molar refractivity (Wildman–Crippen MR) is 76.3 cm³/mol. The van der Waals surface area contributed by atoms with Gasteiger partial charge in [-0.2, -0.15) is 0 Å². The van der Waals surface area contributed by atoms with Crippen molar-refractivity contribution >= 4 is 15.9 Å². The molecular formula is C16H19BrF2. The van der Waals surface area contributed by atoms with E-state index in [2.05, 4.69) is 15.9 Å². The van der Waals surface area contributed by atoms with Gasteiger partial charge < -0.3 is 0 Å². The minimum absolute atomic E-state index is 0.303. The monoisotopic (exact) mass is 328 g/mol. The van der Waals surface area contributed by atoms with Gasteiger partial charge in [-0.05, 0) is 61.5 Å². The molecule has 2 saturated carbocycles. The summed E-state index contributed by atoms with van der Waals surface area (Å²) in [6.45, 7) is 0. The molecule has 2 fully saturated rings. The van der Waals surface area contributed by atoms with E-state index in [0.29, 0.717) is 16.8 Å². The SMILES string of the molecule is Fc1ccc(CC(Br)CC2CC3CCC2C3)c(F)c1. The summed E-state index contributed by atoms with van der Waals surface area (Å²) in [6.07, 6.45) is 7.35. The second-order valence-corrected chi connectivity index (χ2v) is 7.50. The number of rotatable bonds is 4. The summed E-state index contributed by atoms with van der Waals surface area (Å²) in [7, 11) is 0. The molecule has 0 aliphatic heterocycles. The highest BCUT2D eigenvalue weighted by Crippen LogP contribution is 2.50. The summed E-state index contributed by atoms with van der Waals surface area (Å²) in [5.74, 6) is 1.75. The molecule has 0 N–H and O–H groups in total. The Morgan fingerprint density at radius 3 is 2.68 bits per heavy atom. The predicted octanol–water partition coefficient (Wildman–Crippen LogP) is 5.10. The van der Waals surface area contributed by atoms with Gasteiger partial charge in [0, 0.05) is 10.9 Å². The third-order valence-electron chi connectivity index (χ3n) is 4.90. The average molecular weight is 329 g/mol. The molecule has 3 heteroatoms. The quantitative estimate of drug-likeness (QED) is 0.675. The number of fused-ring (bicyclic) bond motifs is 2. The van der Waals surface area contributed by atoms with Crippen LogP contribution in [0.1, 0.15) is 37.7 Å². The van der Waals surface area contributed by atoms with Crippen LogP contribution in [0.15, 0.2) is 18.2 Å². The van der Waals surface area contributed by atoms with E-state index in [1.54, 1.807) is 6.07 Å². The van der Waals surface area contributed by atoms with E-state index in [9.17, 15) is 8.78 Å². The van der Waals surface area contributed by atoms with Crippen LogP contribution in [-0.2, 0) is 6.42 Å². The van der Waals surface area contributed by atoms with Crippen molar-refractivity contribution in [3.63, 3.8) is 0 Å². The first-order valence-corrected chi connectivity index (χ1v) is 8.11. The Bertz CT molecular complexity index is 460. The minimum Gasteiger partial charge on any atom is -0.207 e.